The number of amides is 2. The van der Waals surface area contributed by atoms with Crippen LogP contribution in [-0.4, -0.2) is 31.1 Å². The van der Waals surface area contributed by atoms with Gasteiger partial charge < -0.3 is 4.90 Å². The van der Waals surface area contributed by atoms with Crippen molar-refractivity contribution in [2.75, 3.05) is 11.4 Å². The first-order valence-electron chi connectivity index (χ1n) is 11.3. The van der Waals surface area contributed by atoms with Gasteiger partial charge in [-0.1, -0.05) is 65.3 Å². The molecule has 2 amide bonds. The largest absolute Gasteiger partial charge is 0.359 e. The fraction of sp³-hybridized carbons (Fsp3) is 0.609. The second kappa shape index (κ2) is 11.0. The number of piperidine rings is 1. The van der Waals surface area contributed by atoms with Gasteiger partial charge in [0.25, 0.3) is 6.71 Å². The second-order valence-corrected chi connectivity index (χ2v) is 7.48. The van der Waals surface area contributed by atoms with Gasteiger partial charge in [-0.15, -0.1) is 0 Å². The first-order chi connectivity index (χ1) is 14.2. The van der Waals surface area contributed by atoms with Crippen LogP contribution >= 0.6 is 0 Å². The standard InChI is InChI=1S/C19H22BN3O2.2C2H6/c21-12-20-8-5-13(6-9-20)14-1-2-16-15(11-14)7-10-23(16)17-3-4-18(24)22-19(17)25;2*1-2/h1-2,11,13,17H,3-10H2,(H,22,24,25);2*1-2H3. The predicted octanol–water partition coefficient (Wildman–Crippen LogP) is 4.34. The lowest BCUT2D eigenvalue weighted by Gasteiger charge is -2.32. The first kappa shape index (κ1) is 23.0. The average Bonchev–Trinajstić information content (AvgIpc) is 3.20. The number of rotatable bonds is 2. The number of hydrogen-bond donors (Lipinski definition) is 1. The van der Waals surface area contributed by atoms with Crippen LogP contribution in [0.1, 0.15) is 70.4 Å². The van der Waals surface area contributed by atoms with E-state index in [1.807, 2.05) is 27.7 Å². The molecule has 1 unspecified atom stereocenters. The molecule has 6 heteroatoms. The summed E-state index contributed by atoms with van der Waals surface area (Å²) in [5.41, 5.74) is 3.83. The van der Waals surface area contributed by atoms with Crippen LogP contribution in [0.15, 0.2) is 18.2 Å². The summed E-state index contributed by atoms with van der Waals surface area (Å²) in [6, 6.07) is 6.42. The Bertz CT molecular complexity index is 751. The van der Waals surface area contributed by atoms with E-state index in [9.17, 15) is 9.59 Å². The fourth-order valence-corrected chi connectivity index (χ4v) is 4.56. The topological polar surface area (TPSA) is 73.2 Å². The van der Waals surface area contributed by atoms with Gasteiger partial charge >= 0.3 is 0 Å². The summed E-state index contributed by atoms with van der Waals surface area (Å²) >= 11 is 0. The average molecular weight is 395 g/mol. The predicted molar refractivity (Wildman–Crippen MR) is 119 cm³/mol. The van der Waals surface area contributed by atoms with E-state index in [0.717, 1.165) is 44.1 Å². The van der Waals surface area contributed by atoms with Gasteiger partial charge in [0.05, 0.1) is 0 Å². The van der Waals surface area contributed by atoms with E-state index in [-0.39, 0.29) is 24.6 Å². The lowest BCUT2D eigenvalue weighted by molar-refractivity contribution is -0.134. The lowest BCUT2D eigenvalue weighted by atomic mass is 9.41. The Morgan fingerprint density at radius 2 is 1.76 bits per heavy atom. The Balaban J connectivity index is 0.000000707. The number of nitriles is 1. The number of benzene rings is 1. The Hall–Kier alpha value is -2.29. The molecule has 0 saturated carbocycles. The molecule has 4 rings (SSSR count). The minimum atomic E-state index is -0.226. The Labute approximate surface area is 175 Å². The van der Waals surface area contributed by atoms with E-state index in [0.29, 0.717) is 18.8 Å². The molecule has 5 nitrogen and oxygen atoms in total. The van der Waals surface area contributed by atoms with Crippen LogP contribution in [0.2, 0.25) is 12.6 Å². The molecule has 0 radical (unpaired) electrons. The van der Waals surface area contributed by atoms with Gasteiger partial charge in [0, 0.05) is 24.6 Å². The zero-order valence-corrected chi connectivity index (χ0v) is 18.3. The molecule has 1 aromatic rings. The van der Waals surface area contributed by atoms with Crippen molar-refractivity contribution in [3.63, 3.8) is 0 Å². The van der Waals surface area contributed by atoms with Crippen molar-refractivity contribution in [2.24, 2.45) is 0 Å². The molecule has 0 bridgehead atoms. The fourth-order valence-electron chi connectivity index (χ4n) is 4.56. The monoisotopic (exact) mass is 395 g/mol. The Morgan fingerprint density at radius 3 is 2.38 bits per heavy atom. The molecule has 3 aliphatic heterocycles. The Kier molecular flexibility index (Phi) is 8.76. The minimum absolute atomic E-state index is 0.163. The summed E-state index contributed by atoms with van der Waals surface area (Å²) in [6.07, 6.45) is 6.16. The summed E-state index contributed by atoms with van der Waals surface area (Å²) in [5.74, 6) is 2.63. The molecule has 1 atom stereocenters. The van der Waals surface area contributed by atoms with Gasteiger partial charge in [-0.25, -0.2) is 5.26 Å². The van der Waals surface area contributed by atoms with Gasteiger partial charge in [-0.05, 0) is 36.0 Å². The van der Waals surface area contributed by atoms with Crippen LogP contribution in [0.25, 0.3) is 0 Å². The SMILES string of the molecule is CC.CC.N#CB1CCC(c2ccc3c(c2)CCN3C2CCC(=O)NC2=O)CC1. The maximum atomic E-state index is 12.2. The molecule has 1 aromatic carbocycles. The highest BCUT2D eigenvalue weighted by Gasteiger charge is 2.35. The van der Waals surface area contributed by atoms with Gasteiger partial charge in [0.15, 0.2) is 0 Å². The summed E-state index contributed by atoms with van der Waals surface area (Å²) < 4.78 is 0. The first-order valence-corrected chi connectivity index (χ1v) is 11.3. The molecule has 29 heavy (non-hydrogen) atoms. The van der Waals surface area contributed by atoms with E-state index in [2.05, 4.69) is 34.4 Å². The molecule has 1 N–H and O–H groups in total. The molecular weight excluding hydrogens is 361 g/mol. The zero-order valence-electron chi connectivity index (χ0n) is 18.3. The third-order valence-electron chi connectivity index (χ3n) is 6.00. The zero-order chi connectivity index (χ0) is 21.4. The molecule has 156 valence electrons. The number of carbonyl (C=O) groups excluding carboxylic acids is 2. The minimum Gasteiger partial charge on any atom is -0.359 e. The second-order valence-electron chi connectivity index (χ2n) is 7.48. The van der Waals surface area contributed by atoms with Crippen LogP contribution in [0.3, 0.4) is 0 Å². The number of fused-ring (bicyclic) bond motifs is 1. The molecule has 0 aromatic heterocycles. The molecule has 2 fully saturated rings. The summed E-state index contributed by atoms with van der Waals surface area (Å²) in [4.78, 5) is 25.7. The van der Waals surface area contributed by atoms with E-state index >= 15 is 0 Å². The number of nitrogens with one attached hydrogen (secondary N) is 1. The third kappa shape index (κ3) is 5.20. The van der Waals surface area contributed by atoms with Crippen LogP contribution in [0, 0.1) is 11.2 Å². The number of hydrogen-bond acceptors (Lipinski definition) is 4. The molecule has 0 spiro atoms. The van der Waals surface area contributed by atoms with E-state index < -0.39 is 0 Å². The van der Waals surface area contributed by atoms with Crippen molar-refractivity contribution < 1.29 is 9.59 Å². The van der Waals surface area contributed by atoms with Gasteiger partial charge in [0.1, 0.15) is 6.04 Å². The summed E-state index contributed by atoms with van der Waals surface area (Å²) in [7, 11) is 0. The molecule has 3 aliphatic rings. The van der Waals surface area contributed by atoms with Crippen LogP contribution in [-0.2, 0) is 16.0 Å². The van der Waals surface area contributed by atoms with Crippen molar-refractivity contribution in [3.8, 4) is 5.97 Å². The lowest BCUT2D eigenvalue weighted by Crippen LogP contribution is -2.52. The van der Waals surface area contributed by atoms with Gasteiger partial charge in [-0.3, -0.25) is 14.9 Å². The molecule has 0 aliphatic carbocycles. The summed E-state index contributed by atoms with van der Waals surface area (Å²) in [5, 5.41) is 11.5. The van der Waals surface area contributed by atoms with Crippen molar-refractivity contribution in [3.05, 3.63) is 29.3 Å². The van der Waals surface area contributed by atoms with Crippen molar-refractivity contribution in [2.45, 2.75) is 84.4 Å². The van der Waals surface area contributed by atoms with Crippen LogP contribution in [0.5, 0.6) is 0 Å². The van der Waals surface area contributed by atoms with E-state index in [4.69, 9.17) is 5.26 Å². The van der Waals surface area contributed by atoms with Gasteiger partial charge in [-0.2, -0.15) is 0 Å². The van der Waals surface area contributed by atoms with Gasteiger partial charge in [0.2, 0.25) is 11.8 Å². The quantitative estimate of drug-likeness (QED) is 0.597. The Morgan fingerprint density at radius 1 is 1.07 bits per heavy atom. The van der Waals surface area contributed by atoms with Crippen molar-refractivity contribution >= 4 is 24.2 Å². The number of nitrogens with zero attached hydrogens (tertiary/aromatic N) is 2. The number of anilines is 1. The molecular formula is C23H34BN3O2. The highest BCUT2D eigenvalue weighted by molar-refractivity contribution is 6.67. The highest BCUT2D eigenvalue weighted by atomic mass is 16.2. The summed E-state index contributed by atoms with van der Waals surface area (Å²) in [6.45, 7) is 9.07. The van der Waals surface area contributed by atoms with E-state index in [1.165, 1.54) is 11.1 Å². The number of imide groups is 1. The van der Waals surface area contributed by atoms with Crippen LogP contribution in [0.4, 0.5) is 5.69 Å². The van der Waals surface area contributed by atoms with E-state index in [1.54, 1.807) is 0 Å². The molecule has 3 heterocycles. The van der Waals surface area contributed by atoms with Crippen LogP contribution < -0.4 is 10.2 Å². The number of carbonyl (C=O) groups is 2. The van der Waals surface area contributed by atoms with Crippen molar-refractivity contribution in [1.82, 2.24) is 5.32 Å². The highest BCUT2D eigenvalue weighted by Crippen LogP contribution is 2.38. The normalized spacial score (nSPS) is 21.1. The van der Waals surface area contributed by atoms with Crippen molar-refractivity contribution in [1.29, 1.82) is 5.26 Å². The maximum Gasteiger partial charge on any atom is 0.267 e. The molecule has 2 saturated heterocycles. The third-order valence-corrected chi connectivity index (χ3v) is 6.00. The maximum absolute atomic E-state index is 12.2. The smallest absolute Gasteiger partial charge is 0.267 e.